The maximum absolute atomic E-state index is 11.5. The zero-order chi connectivity index (χ0) is 20.1. The molecule has 6 nitrogen and oxygen atoms in total. The molecule has 0 fully saturated rings. The number of carboxylic acid groups (broad SMARTS) is 2. The fraction of sp³-hybridized carbons (Fsp3) is 0.143. The van der Waals surface area contributed by atoms with Crippen LogP contribution in [0.5, 0.6) is 11.5 Å². The molecular weight excluding hydrogens is 380 g/mol. The standard InChI is InChI=1S/C21H18O6S/c1-13-18(27-12-17(22)23)20(21(24)25)28-19(13)15-7-9-16(10-8-15)26-11-14-5-3-2-4-6-14/h2-10H,11-12H2,1H3,(H,22,23)(H,24,25). The molecule has 1 heterocycles. The quantitative estimate of drug-likeness (QED) is 0.582. The van der Waals surface area contributed by atoms with Gasteiger partial charge in [-0.1, -0.05) is 30.3 Å². The first-order valence-electron chi connectivity index (χ1n) is 8.44. The molecule has 0 saturated heterocycles. The lowest BCUT2D eigenvalue weighted by Crippen LogP contribution is -2.11. The predicted octanol–water partition coefficient (Wildman–Crippen LogP) is 4.46. The number of hydrogen-bond acceptors (Lipinski definition) is 5. The lowest BCUT2D eigenvalue weighted by molar-refractivity contribution is -0.139. The first kappa shape index (κ1) is 19.4. The Hall–Kier alpha value is -3.32. The number of hydrogen-bond donors (Lipinski definition) is 2. The van der Waals surface area contributed by atoms with Crippen LogP contribution in [0.2, 0.25) is 0 Å². The van der Waals surface area contributed by atoms with Crippen molar-refractivity contribution in [2.75, 3.05) is 6.61 Å². The molecule has 1 aromatic heterocycles. The average Bonchev–Trinajstić information content (AvgIpc) is 3.02. The molecule has 0 bridgehead atoms. The molecule has 0 atom stereocenters. The second-order valence-electron chi connectivity index (χ2n) is 6.00. The molecule has 2 aromatic carbocycles. The Kier molecular flexibility index (Phi) is 5.96. The molecule has 0 aliphatic carbocycles. The van der Waals surface area contributed by atoms with Gasteiger partial charge in [0.05, 0.1) is 0 Å². The van der Waals surface area contributed by atoms with Gasteiger partial charge < -0.3 is 19.7 Å². The van der Waals surface area contributed by atoms with Crippen molar-refractivity contribution in [3.05, 3.63) is 70.6 Å². The smallest absolute Gasteiger partial charge is 0.349 e. The summed E-state index contributed by atoms with van der Waals surface area (Å²) in [4.78, 5) is 23.0. The normalized spacial score (nSPS) is 10.5. The van der Waals surface area contributed by atoms with Gasteiger partial charge in [-0.05, 0) is 42.3 Å². The lowest BCUT2D eigenvalue weighted by atomic mass is 10.1. The van der Waals surface area contributed by atoms with Gasteiger partial charge >= 0.3 is 11.9 Å². The van der Waals surface area contributed by atoms with Crippen molar-refractivity contribution in [1.82, 2.24) is 0 Å². The molecule has 0 spiro atoms. The number of carboxylic acids is 2. The molecule has 2 N–H and O–H groups in total. The number of benzene rings is 2. The van der Waals surface area contributed by atoms with Crippen molar-refractivity contribution in [3.63, 3.8) is 0 Å². The van der Waals surface area contributed by atoms with Gasteiger partial charge in [0.1, 0.15) is 18.1 Å². The van der Waals surface area contributed by atoms with E-state index in [1.54, 1.807) is 6.92 Å². The first-order chi connectivity index (χ1) is 13.5. The summed E-state index contributed by atoms with van der Waals surface area (Å²) in [5.41, 5.74) is 2.47. The molecule has 7 heteroatoms. The third kappa shape index (κ3) is 4.50. The van der Waals surface area contributed by atoms with Crippen molar-refractivity contribution in [2.45, 2.75) is 13.5 Å². The second kappa shape index (κ2) is 8.58. The largest absolute Gasteiger partial charge is 0.489 e. The Morgan fingerprint density at radius 3 is 2.25 bits per heavy atom. The Balaban J connectivity index is 1.80. The Morgan fingerprint density at radius 2 is 1.64 bits per heavy atom. The molecule has 3 rings (SSSR count). The van der Waals surface area contributed by atoms with E-state index in [-0.39, 0.29) is 10.6 Å². The Bertz CT molecular complexity index is 976. The predicted molar refractivity (Wildman–Crippen MR) is 105 cm³/mol. The highest BCUT2D eigenvalue weighted by molar-refractivity contribution is 7.18. The van der Waals surface area contributed by atoms with Crippen molar-refractivity contribution < 1.29 is 29.3 Å². The van der Waals surface area contributed by atoms with E-state index in [2.05, 4.69) is 0 Å². The molecule has 144 valence electrons. The van der Waals surface area contributed by atoms with Crippen LogP contribution in [0.4, 0.5) is 0 Å². The SMILES string of the molecule is Cc1c(-c2ccc(OCc3ccccc3)cc2)sc(C(=O)O)c1OCC(=O)O. The molecule has 0 aliphatic rings. The van der Waals surface area contributed by atoms with Gasteiger partial charge in [-0.25, -0.2) is 9.59 Å². The maximum Gasteiger partial charge on any atom is 0.349 e. The molecule has 0 radical (unpaired) electrons. The molecule has 28 heavy (non-hydrogen) atoms. The highest BCUT2D eigenvalue weighted by atomic mass is 32.1. The van der Waals surface area contributed by atoms with E-state index in [0.29, 0.717) is 22.8 Å². The van der Waals surface area contributed by atoms with Crippen LogP contribution in [0.25, 0.3) is 10.4 Å². The zero-order valence-corrected chi connectivity index (χ0v) is 15.9. The molecule has 3 aromatic rings. The van der Waals surface area contributed by atoms with Crippen LogP contribution in [0, 0.1) is 6.92 Å². The summed E-state index contributed by atoms with van der Waals surface area (Å²) >= 11 is 1.06. The molecule has 0 unspecified atom stereocenters. The summed E-state index contributed by atoms with van der Waals surface area (Å²) in [6, 6.07) is 17.1. The number of ether oxygens (including phenoxy) is 2. The maximum atomic E-state index is 11.5. The first-order valence-corrected chi connectivity index (χ1v) is 9.25. The van der Waals surface area contributed by atoms with E-state index in [1.165, 1.54) is 0 Å². The summed E-state index contributed by atoms with van der Waals surface area (Å²) in [6.45, 7) is 1.58. The molecule has 0 aliphatic heterocycles. The van der Waals surface area contributed by atoms with E-state index in [0.717, 1.165) is 22.5 Å². The fourth-order valence-corrected chi connectivity index (χ4v) is 3.76. The topological polar surface area (TPSA) is 93.1 Å². The van der Waals surface area contributed by atoms with E-state index in [1.807, 2.05) is 54.6 Å². The summed E-state index contributed by atoms with van der Waals surface area (Å²) in [6.07, 6.45) is 0. The van der Waals surface area contributed by atoms with Gasteiger partial charge in [0.15, 0.2) is 11.5 Å². The van der Waals surface area contributed by atoms with Crippen LogP contribution in [-0.4, -0.2) is 28.8 Å². The van der Waals surface area contributed by atoms with Crippen LogP contribution in [0.1, 0.15) is 20.8 Å². The Morgan fingerprint density at radius 1 is 0.964 bits per heavy atom. The van der Waals surface area contributed by atoms with Crippen molar-refractivity contribution in [1.29, 1.82) is 0 Å². The van der Waals surface area contributed by atoms with Crippen molar-refractivity contribution >= 4 is 23.3 Å². The minimum absolute atomic E-state index is 0.0156. The zero-order valence-electron chi connectivity index (χ0n) is 15.0. The van der Waals surface area contributed by atoms with Gasteiger partial charge in [-0.2, -0.15) is 0 Å². The van der Waals surface area contributed by atoms with Crippen LogP contribution >= 0.6 is 11.3 Å². The van der Waals surface area contributed by atoms with Crippen LogP contribution < -0.4 is 9.47 Å². The number of carbonyl (C=O) groups is 2. The van der Waals surface area contributed by atoms with E-state index < -0.39 is 18.5 Å². The summed E-state index contributed by atoms with van der Waals surface area (Å²) < 4.78 is 11.0. The van der Waals surface area contributed by atoms with Gasteiger partial charge in [-0.15, -0.1) is 11.3 Å². The highest BCUT2D eigenvalue weighted by Gasteiger charge is 2.23. The summed E-state index contributed by atoms with van der Waals surface area (Å²) in [7, 11) is 0. The number of aliphatic carboxylic acids is 1. The van der Waals surface area contributed by atoms with Gasteiger partial charge in [0.2, 0.25) is 0 Å². The lowest BCUT2D eigenvalue weighted by Gasteiger charge is -2.08. The fourth-order valence-electron chi connectivity index (χ4n) is 2.67. The second-order valence-corrected chi connectivity index (χ2v) is 7.02. The van der Waals surface area contributed by atoms with Crippen molar-refractivity contribution in [3.8, 4) is 21.9 Å². The van der Waals surface area contributed by atoms with Crippen LogP contribution in [0.15, 0.2) is 54.6 Å². The molecule has 0 saturated carbocycles. The van der Waals surface area contributed by atoms with Crippen molar-refractivity contribution in [2.24, 2.45) is 0 Å². The number of aromatic carboxylic acids is 1. The summed E-state index contributed by atoms with van der Waals surface area (Å²) in [5, 5.41) is 18.2. The summed E-state index contributed by atoms with van der Waals surface area (Å²) in [5.74, 6) is -1.52. The van der Waals surface area contributed by atoms with Gasteiger partial charge in [0, 0.05) is 10.4 Å². The Labute approximate surface area is 165 Å². The third-order valence-corrected chi connectivity index (χ3v) is 5.30. The number of rotatable bonds is 8. The van der Waals surface area contributed by atoms with Crippen LogP contribution in [-0.2, 0) is 11.4 Å². The molecule has 0 amide bonds. The minimum Gasteiger partial charge on any atom is -0.489 e. The monoisotopic (exact) mass is 398 g/mol. The van der Waals surface area contributed by atoms with E-state index in [9.17, 15) is 14.7 Å². The minimum atomic E-state index is -1.16. The third-order valence-electron chi connectivity index (χ3n) is 3.99. The van der Waals surface area contributed by atoms with Crippen LogP contribution in [0.3, 0.4) is 0 Å². The highest BCUT2D eigenvalue weighted by Crippen LogP contribution is 2.41. The van der Waals surface area contributed by atoms with Gasteiger partial charge in [-0.3, -0.25) is 0 Å². The molecular formula is C21H18O6S. The van der Waals surface area contributed by atoms with E-state index >= 15 is 0 Å². The number of thiophene rings is 1. The average molecular weight is 398 g/mol. The van der Waals surface area contributed by atoms with Gasteiger partial charge in [0.25, 0.3) is 0 Å². The van der Waals surface area contributed by atoms with E-state index in [4.69, 9.17) is 14.6 Å².